The minimum atomic E-state index is 0.107. The third-order valence-corrected chi connectivity index (χ3v) is 0.411. The smallest absolute Gasteiger partial charge is 0.109 e. The molecular formula is C5H8O2. The van der Waals surface area contributed by atoms with Crippen LogP contribution in [0, 0.1) is 12.0 Å². The van der Waals surface area contributed by atoms with E-state index in [4.69, 9.17) is 5.11 Å². The van der Waals surface area contributed by atoms with Crippen LogP contribution in [0.3, 0.4) is 0 Å². The summed E-state index contributed by atoms with van der Waals surface area (Å²) in [6.07, 6.45) is 2.83. The molecule has 0 aromatic heterocycles. The van der Waals surface area contributed by atoms with E-state index in [9.17, 15) is 0 Å². The molecular weight excluding hydrogens is 92.1 g/mol. The number of aliphatic hydroxyl groups excluding tert-OH is 1. The van der Waals surface area contributed by atoms with Crippen molar-refractivity contribution in [3.8, 4) is 12.0 Å². The van der Waals surface area contributed by atoms with Gasteiger partial charge in [-0.3, -0.25) is 0 Å². The lowest BCUT2D eigenvalue weighted by Gasteiger charge is -1.76. The standard InChI is InChI=1S/C5H8O2/c1-7-5-3-2-4-6/h6H,2,4H2,1H3. The van der Waals surface area contributed by atoms with Gasteiger partial charge in [0.15, 0.2) is 0 Å². The molecule has 0 radical (unpaired) electrons. The largest absolute Gasteiger partial charge is 0.450 e. The second-order valence-electron chi connectivity index (χ2n) is 0.957. The fraction of sp³-hybridized carbons (Fsp3) is 0.600. The zero-order chi connectivity index (χ0) is 5.54. The highest BCUT2D eigenvalue weighted by molar-refractivity contribution is 4.90. The summed E-state index contributed by atoms with van der Waals surface area (Å²) in [7, 11) is 1.49. The van der Waals surface area contributed by atoms with Crippen LogP contribution in [0.1, 0.15) is 6.42 Å². The second-order valence-corrected chi connectivity index (χ2v) is 0.957. The molecule has 0 saturated carbocycles. The van der Waals surface area contributed by atoms with Gasteiger partial charge in [0.25, 0.3) is 0 Å². The Hall–Kier alpha value is -0.680. The van der Waals surface area contributed by atoms with Gasteiger partial charge in [0, 0.05) is 6.42 Å². The Morgan fingerprint density at radius 2 is 2.43 bits per heavy atom. The third kappa shape index (κ3) is 5.32. The van der Waals surface area contributed by atoms with Gasteiger partial charge in [-0.05, 0) is 0 Å². The van der Waals surface area contributed by atoms with Gasteiger partial charge in [0.05, 0.1) is 13.7 Å². The highest BCUT2D eigenvalue weighted by atomic mass is 16.5. The van der Waals surface area contributed by atoms with Crippen molar-refractivity contribution in [3.63, 3.8) is 0 Å². The van der Waals surface area contributed by atoms with Crippen molar-refractivity contribution in [1.82, 2.24) is 0 Å². The van der Waals surface area contributed by atoms with Crippen LogP contribution >= 0.6 is 0 Å². The molecule has 0 spiro atoms. The predicted molar refractivity (Wildman–Crippen MR) is 26.5 cm³/mol. The average Bonchev–Trinajstić information content (AvgIpc) is 1.69. The van der Waals surface area contributed by atoms with Crippen LogP contribution in [0.4, 0.5) is 0 Å². The molecule has 7 heavy (non-hydrogen) atoms. The van der Waals surface area contributed by atoms with E-state index in [-0.39, 0.29) is 6.61 Å². The first kappa shape index (κ1) is 6.32. The van der Waals surface area contributed by atoms with Gasteiger partial charge in [-0.1, -0.05) is 5.92 Å². The average molecular weight is 100 g/mol. The number of hydrogen-bond acceptors (Lipinski definition) is 2. The normalized spacial score (nSPS) is 6.57. The monoisotopic (exact) mass is 100 g/mol. The molecule has 0 bridgehead atoms. The molecule has 0 rings (SSSR count). The molecule has 0 saturated heterocycles. The molecule has 0 heterocycles. The van der Waals surface area contributed by atoms with Gasteiger partial charge in [0.2, 0.25) is 0 Å². The molecule has 0 aliphatic carbocycles. The van der Waals surface area contributed by atoms with Crippen molar-refractivity contribution in [2.75, 3.05) is 13.7 Å². The molecule has 2 heteroatoms. The van der Waals surface area contributed by atoms with Crippen LogP contribution in [0.5, 0.6) is 0 Å². The molecule has 0 aliphatic rings. The molecule has 1 N–H and O–H groups in total. The minimum Gasteiger partial charge on any atom is -0.450 e. The Bertz CT molecular complexity index is 77.8. The summed E-state index contributed by atoms with van der Waals surface area (Å²) in [6, 6.07) is 0. The predicted octanol–water partition coefficient (Wildman–Crippen LogP) is -0.0239. The summed E-state index contributed by atoms with van der Waals surface area (Å²) in [6.45, 7) is 0.107. The van der Waals surface area contributed by atoms with Gasteiger partial charge in [-0.25, -0.2) is 0 Å². The first-order valence-electron chi connectivity index (χ1n) is 2.03. The topological polar surface area (TPSA) is 29.5 Å². The summed E-state index contributed by atoms with van der Waals surface area (Å²) in [4.78, 5) is 0. The van der Waals surface area contributed by atoms with Crippen LogP contribution in [0.2, 0.25) is 0 Å². The fourth-order valence-corrected chi connectivity index (χ4v) is 0.179. The Balaban J connectivity index is 2.91. The van der Waals surface area contributed by atoms with Gasteiger partial charge in [-0.15, -0.1) is 0 Å². The van der Waals surface area contributed by atoms with Crippen LogP contribution in [0.15, 0.2) is 0 Å². The van der Waals surface area contributed by atoms with Crippen molar-refractivity contribution < 1.29 is 9.84 Å². The maximum Gasteiger partial charge on any atom is 0.109 e. The lowest BCUT2D eigenvalue weighted by atomic mass is 10.5. The molecule has 0 aromatic carbocycles. The summed E-state index contributed by atoms with van der Waals surface area (Å²) in [5.74, 6) is 2.56. The quantitative estimate of drug-likeness (QED) is 0.469. The first-order chi connectivity index (χ1) is 3.41. The van der Waals surface area contributed by atoms with Crippen molar-refractivity contribution >= 4 is 0 Å². The molecule has 2 nitrogen and oxygen atoms in total. The molecule has 40 valence electrons. The van der Waals surface area contributed by atoms with Crippen molar-refractivity contribution in [2.24, 2.45) is 0 Å². The van der Waals surface area contributed by atoms with Crippen LogP contribution < -0.4 is 0 Å². The summed E-state index contributed by atoms with van der Waals surface area (Å²) >= 11 is 0. The van der Waals surface area contributed by atoms with E-state index in [1.54, 1.807) is 0 Å². The fourth-order valence-electron chi connectivity index (χ4n) is 0.179. The van der Waals surface area contributed by atoms with Crippen molar-refractivity contribution in [1.29, 1.82) is 0 Å². The van der Waals surface area contributed by atoms with Gasteiger partial charge >= 0.3 is 0 Å². The van der Waals surface area contributed by atoms with Crippen LogP contribution in [0.25, 0.3) is 0 Å². The lowest BCUT2D eigenvalue weighted by Crippen LogP contribution is -1.75. The Kier molecular flexibility index (Phi) is 4.80. The summed E-state index contributed by atoms with van der Waals surface area (Å²) in [5.41, 5.74) is 0. The Morgan fingerprint density at radius 1 is 1.71 bits per heavy atom. The van der Waals surface area contributed by atoms with Crippen molar-refractivity contribution in [3.05, 3.63) is 0 Å². The minimum absolute atomic E-state index is 0.107. The number of methoxy groups -OCH3 is 1. The van der Waals surface area contributed by atoms with Crippen LogP contribution in [-0.2, 0) is 4.74 Å². The molecule has 0 fully saturated rings. The van der Waals surface area contributed by atoms with Crippen LogP contribution in [-0.4, -0.2) is 18.8 Å². The van der Waals surface area contributed by atoms with Gasteiger partial charge < -0.3 is 9.84 Å². The zero-order valence-electron chi connectivity index (χ0n) is 4.27. The molecule has 0 aromatic rings. The molecule has 0 unspecified atom stereocenters. The van der Waals surface area contributed by atoms with Crippen molar-refractivity contribution in [2.45, 2.75) is 6.42 Å². The van der Waals surface area contributed by atoms with E-state index in [2.05, 4.69) is 16.8 Å². The number of ether oxygens (including phenoxy) is 1. The zero-order valence-corrected chi connectivity index (χ0v) is 4.27. The van der Waals surface area contributed by atoms with E-state index >= 15 is 0 Å². The molecule has 0 amide bonds. The summed E-state index contributed by atoms with van der Waals surface area (Å²) < 4.78 is 4.37. The number of aliphatic hydroxyl groups is 1. The molecule has 0 atom stereocenters. The number of rotatable bonds is 1. The highest BCUT2D eigenvalue weighted by Gasteiger charge is 1.67. The van der Waals surface area contributed by atoms with Gasteiger partial charge in [0.1, 0.15) is 6.11 Å². The SMILES string of the molecule is COC#CCCO. The highest BCUT2D eigenvalue weighted by Crippen LogP contribution is 1.67. The maximum atomic E-state index is 8.13. The Labute approximate surface area is 43.1 Å². The van der Waals surface area contributed by atoms with E-state index in [1.165, 1.54) is 7.11 Å². The van der Waals surface area contributed by atoms with E-state index < -0.39 is 0 Å². The van der Waals surface area contributed by atoms with Gasteiger partial charge in [-0.2, -0.15) is 0 Å². The molecule has 0 aliphatic heterocycles. The maximum absolute atomic E-state index is 8.13. The number of hydrogen-bond donors (Lipinski definition) is 1. The second kappa shape index (κ2) is 5.32. The van der Waals surface area contributed by atoms with E-state index in [0.717, 1.165) is 0 Å². The lowest BCUT2D eigenvalue weighted by molar-refractivity contribution is 0.303. The van der Waals surface area contributed by atoms with E-state index in [1.807, 2.05) is 0 Å². The Morgan fingerprint density at radius 3 is 2.86 bits per heavy atom. The van der Waals surface area contributed by atoms with E-state index in [0.29, 0.717) is 6.42 Å². The third-order valence-electron chi connectivity index (χ3n) is 0.411. The first-order valence-corrected chi connectivity index (χ1v) is 2.03. The summed E-state index contributed by atoms with van der Waals surface area (Å²) in [5, 5.41) is 8.13.